The van der Waals surface area contributed by atoms with E-state index in [1.807, 2.05) is 12.1 Å². The maximum absolute atomic E-state index is 5.13. The lowest BCUT2D eigenvalue weighted by atomic mass is 10.00. The fraction of sp³-hybridized carbons (Fsp3) is 0. The fourth-order valence-electron chi connectivity index (χ4n) is 6.34. The molecule has 0 saturated carbocycles. The van der Waals surface area contributed by atoms with Gasteiger partial charge in [0, 0.05) is 44.9 Å². The number of benzene rings is 4. The summed E-state index contributed by atoms with van der Waals surface area (Å²) < 4.78 is 4.59. The van der Waals surface area contributed by atoms with Crippen molar-refractivity contribution in [1.29, 1.82) is 0 Å². The lowest BCUT2D eigenvalue weighted by Gasteiger charge is -2.12. The molecule has 0 aliphatic carbocycles. The highest BCUT2D eigenvalue weighted by molar-refractivity contribution is 6.30. The van der Waals surface area contributed by atoms with Crippen molar-refractivity contribution >= 4 is 60.2 Å². The summed E-state index contributed by atoms with van der Waals surface area (Å²) in [7, 11) is 0. The van der Waals surface area contributed by atoms with Crippen LogP contribution in [0.5, 0.6) is 0 Å². The summed E-state index contributed by atoms with van der Waals surface area (Å²) in [6, 6.07) is 40.4. The van der Waals surface area contributed by atoms with Crippen LogP contribution in [0, 0.1) is 0 Å². The zero-order valence-electron chi connectivity index (χ0n) is 21.4. The Balaban J connectivity index is 1.47. The van der Waals surface area contributed by atoms with Gasteiger partial charge in [0.2, 0.25) is 0 Å². The lowest BCUT2D eigenvalue weighted by molar-refractivity contribution is 1.08. The lowest BCUT2D eigenvalue weighted by Crippen LogP contribution is -1.98. The van der Waals surface area contributed by atoms with Gasteiger partial charge in [-0.1, -0.05) is 54.6 Å². The summed E-state index contributed by atoms with van der Waals surface area (Å²) in [5, 5.41) is 5.99. The topological polar surface area (TPSA) is 48.0 Å². The smallest absolute Gasteiger partial charge is 0.146 e. The Bertz CT molecular complexity index is 2430. The van der Waals surface area contributed by atoms with Crippen molar-refractivity contribution in [1.82, 2.24) is 23.9 Å². The van der Waals surface area contributed by atoms with Crippen molar-refractivity contribution in [3.05, 3.63) is 128 Å². The predicted octanol–water partition coefficient (Wildman–Crippen LogP) is 8.35. The summed E-state index contributed by atoms with van der Waals surface area (Å²) >= 11 is 0. The molecule has 0 amide bonds. The average molecular weight is 512 g/mol. The number of para-hydroxylation sites is 4. The molecule has 5 heteroatoms. The van der Waals surface area contributed by atoms with Crippen LogP contribution in [0.3, 0.4) is 0 Å². The molecule has 0 bridgehead atoms. The van der Waals surface area contributed by atoms with E-state index in [1.54, 1.807) is 12.4 Å². The summed E-state index contributed by atoms with van der Waals surface area (Å²) in [5.74, 6) is 0.886. The van der Waals surface area contributed by atoms with Crippen molar-refractivity contribution < 1.29 is 0 Å². The molecule has 5 aromatic heterocycles. The second kappa shape index (κ2) is 7.98. The zero-order chi connectivity index (χ0) is 26.2. The molecule has 0 saturated heterocycles. The molecule has 186 valence electrons. The second-order valence-corrected chi connectivity index (χ2v) is 10.1. The molecule has 40 heavy (non-hydrogen) atoms. The number of rotatable bonds is 2. The summed E-state index contributed by atoms with van der Waals surface area (Å²) in [6.07, 6.45) is 3.61. The standard InChI is InChI=1S/C35H21N5/c1-5-13-29-23(8-1)33-25(35-38-27-10-3-6-14-30(27)40(29)35)16-17-31-34(33)24-9-2-4-12-28(24)39(31)32-15-7-11-26(37-32)22-18-20-36-21-19-22/h1-21H. The van der Waals surface area contributed by atoms with Crippen LogP contribution in [0.25, 0.3) is 77.2 Å². The Hall–Kier alpha value is -5.55. The molecule has 0 fully saturated rings. The highest BCUT2D eigenvalue weighted by Gasteiger charge is 2.20. The molecule has 0 atom stereocenters. The molecule has 5 heterocycles. The van der Waals surface area contributed by atoms with Gasteiger partial charge in [0.15, 0.2) is 0 Å². The Morgan fingerprint density at radius 2 is 1.20 bits per heavy atom. The summed E-state index contributed by atoms with van der Waals surface area (Å²) in [5.41, 5.74) is 8.47. The highest BCUT2D eigenvalue weighted by Crippen LogP contribution is 2.41. The van der Waals surface area contributed by atoms with Gasteiger partial charge in [-0.25, -0.2) is 9.97 Å². The van der Waals surface area contributed by atoms with E-state index < -0.39 is 0 Å². The van der Waals surface area contributed by atoms with Crippen LogP contribution in [-0.4, -0.2) is 23.9 Å². The average Bonchev–Trinajstić information content (AvgIpc) is 3.58. The molecule has 0 N–H and O–H groups in total. The monoisotopic (exact) mass is 511 g/mol. The molecule has 0 aliphatic rings. The van der Waals surface area contributed by atoms with E-state index in [0.29, 0.717) is 0 Å². The van der Waals surface area contributed by atoms with Crippen LogP contribution < -0.4 is 0 Å². The first-order chi connectivity index (χ1) is 19.9. The third kappa shape index (κ3) is 2.83. The number of fused-ring (bicyclic) bond motifs is 12. The molecule has 0 spiro atoms. The third-order valence-corrected chi connectivity index (χ3v) is 7.99. The van der Waals surface area contributed by atoms with Gasteiger partial charge in [0.1, 0.15) is 11.5 Å². The second-order valence-electron chi connectivity index (χ2n) is 10.1. The first kappa shape index (κ1) is 21.4. The Morgan fingerprint density at radius 1 is 0.475 bits per heavy atom. The number of imidazole rings is 1. The van der Waals surface area contributed by atoms with Crippen LogP contribution in [0.1, 0.15) is 0 Å². The largest absolute Gasteiger partial charge is 0.294 e. The normalized spacial score (nSPS) is 12.0. The minimum Gasteiger partial charge on any atom is -0.294 e. The predicted molar refractivity (Wildman–Crippen MR) is 163 cm³/mol. The van der Waals surface area contributed by atoms with E-state index in [2.05, 4.69) is 117 Å². The van der Waals surface area contributed by atoms with Crippen molar-refractivity contribution in [2.75, 3.05) is 0 Å². The van der Waals surface area contributed by atoms with Gasteiger partial charge in [-0.2, -0.15) is 0 Å². The summed E-state index contributed by atoms with van der Waals surface area (Å²) in [4.78, 5) is 14.4. The van der Waals surface area contributed by atoms with Crippen molar-refractivity contribution in [2.24, 2.45) is 0 Å². The molecule has 0 aliphatic heterocycles. The van der Waals surface area contributed by atoms with Crippen LogP contribution in [0.15, 0.2) is 128 Å². The number of hydrogen-bond acceptors (Lipinski definition) is 3. The van der Waals surface area contributed by atoms with Gasteiger partial charge in [-0.05, 0) is 60.7 Å². The van der Waals surface area contributed by atoms with Gasteiger partial charge in [-0.15, -0.1) is 0 Å². The number of aromatic nitrogens is 5. The van der Waals surface area contributed by atoms with Gasteiger partial charge in [-0.3, -0.25) is 14.0 Å². The zero-order valence-corrected chi connectivity index (χ0v) is 21.4. The van der Waals surface area contributed by atoms with E-state index in [1.165, 1.54) is 21.5 Å². The van der Waals surface area contributed by atoms with E-state index in [0.717, 1.165) is 55.7 Å². The molecular formula is C35H21N5. The SMILES string of the molecule is c1cc(-c2ccncc2)nc(-n2c3ccccc3c3c4c5ccccc5n5c6ccccc6nc5c4ccc32)c1. The van der Waals surface area contributed by atoms with Crippen LogP contribution in [-0.2, 0) is 0 Å². The molecule has 0 unspecified atom stereocenters. The first-order valence-electron chi connectivity index (χ1n) is 13.4. The minimum absolute atomic E-state index is 0.886. The third-order valence-electron chi connectivity index (χ3n) is 7.99. The Labute approximate surface area is 228 Å². The quantitative estimate of drug-likeness (QED) is 0.219. The van der Waals surface area contributed by atoms with E-state index in [4.69, 9.17) is 9.97 Å². The number of pyridine rings is 3. The Morgan fingerprint density at radius 3 is 2.05 bits per heavy atom. The number of nitrogens with zero attached hydrogens (tertiary/aromatic N) is 5. The highest BCUT2D eigenvalue weighted by atomic mass is 15.1. The van der Waals surface area contributed by atoms with Crippen molar-refractivity contribution in [3.8, 4) is 17.1 Å². The first-order valence-corrected chi connectivity index (χ1v) is 13.4. The minimum atomic E-state index is 0.886. The van der Waals surface area contributed by atoms with Gasteiger partial charge in [0.05, 0.1) is 33.3 Å². The van der Waals surface area contributed by atoms with Crippen LogP contribution in [0.4, 0.5) is 0 Å². The Kier molecular flexibility index (Phi) is 4.27. The molecule has 0 radical (unpaired) electrons. The van der Waals surface area contributed by atoms with Crippen molar-refractivity contribution in [2.45, 2.75) is 0 Å². The van der Waals surface area contributed by atoms with Gasteiger partial charge in [0.25, 0.3) is 0 Å². The fourth-order valence-corrected chi connectivity index (χ4v) is 6.34. The van der Waals surface area contributed by atoms with E-state index in [-0.39, 0.29) is 0 Å². The molecule has 9 rings (SSSR count). The van der Waals surface area contributed by atoms with Crippen LogP contribution in [0.2, 0.25) is 0 Å². The van der Waals surface area contributed by atoms with Crippen LogP contribution >= 0.6 is 0 Å². The van der Waals surface area contributed by atoms with Crippen molar-refractivity contribution in [3.63, 3.8) is 0 Å². The molecular weight excluding hydrogens is 490 g/mol. The van der Waals surface area contributed by atoms with Gasteiger partial charge < -0.3 is 0 Å². The van der Waals surface area contributed by atoms with Gasteiger partial charge >= 0.3 is 0 Å². The molecule has 9 aromatic rings. The number of hydrogen-bond donors (Lipinski definition) is 0. The summed E-state index contributed by atoms with van der Waals surface area (Å²) in [6.45, 7) is 0. The molecule has 4 aromatic carbocycles. The maximum atomic E-state index is 5.13. The van der Waals surface area contributed by atoms with E-state index >= 15 is 0 Å². The van der Waals surface area contributed by atoms with E-state index in [9.17, 15) is 0 Å². The molecule has 5 nitrogen and oxygen atoms in total. The maximum Gasteiger partial charge on any atom is 0.146 e.